The maximum atomic E-state index is 11.5. The van der Waals surface area contributed by atoms with Gasteiger partial charge < -0.3 is 0 Å². The molecule has 3 heteroatoms. The number of rotatable bonds is 3. The first kappa shape index (κ1) is 14.5. The fourth-order valence-corrected chi connectivity index (χ4v) is 2.63. The largest absolute Gasteiger partial charge is 0.298 e. The van der Waals surface area contributed by atoms with Crippen LogP contribution in [0, 0.1) is 0 Å². The van der Waals surface area contributed by atoms with Gasteiger partial charge in [-0.15, -0.1) is 0 Å². The number of hydrogen-bond acceptors (Lipinski definition) is 2. The van der Waals surface area contributed by atoms with E-state index in [1.165, 1.54) is 0 Å². The van der Waals surface area contributed by atoms with Crippen LogP contribution >= 0.6 is 11.6 Å². The highest BCUT2D eigenvalue weighted by molar-refractivity contribution is 6.31. The molecule has 0 bridgehead atoms. The Morgan fingerprint density at radius 1 is 1.05 bits per heavy atom. The monoisotopic (exact) mass is 307 g/mol. The Morgan fingerprint density at radius 3 is 2.55 bits per heavy atom. The molecule has 0 saturated carbocycles. The second-order valence-corrected chi connectivity index (χ2v) is 5.52. The summed E-state index contributed by atoms with van der Waals surface area (Å²) in [6.45, 7) is 1.93. The van der Waals surface area contributed by atoms with E-state index in [0.717, 1.165) is 33.9 Å². The zero-order valence-electron chi connectivity index (χ0n) is 12.1. The van der Waals surface area contributed by atoms with Gasteiger partial charge in [-0.2, -0.15) is 0 Å². The number of carbonyl (C=O) groups excluding carboxylic acids is 1. The van der Waals surface area contributed by atoms with Crippen LogP contribution in [0.4, 0.5) is 0 Å². The molecule has 1 aromatic heterocycles. The lowest BCUT2D eigenvalue weighted by atomic mass is 9.97. The quantitative estimate of drug-likeness (QED) is 0.502. The van der Waals surface area contributed by atoms with Crippen molar-refractivity contribution in [3.63, 3.8) is 0 Å². The van der Waals surface area contributed by atoms with E-state index >= 15 is 0 Å². The molecule has 2 nitrogen and oxygen atoms in total. The van der Waals surface area contributed by atoms with E-state index in [9.17, 15) is 4.79 Å². The van der Waals surface area contributed by atoms with Crippen LogP contribution in [0.15, 0.2) is 60.8 Å². The summed E-state index contributed by atoms with van der Waals surface area (Å²) in [7, 11) is 0. The molecular weight excluding hydrogens is 294 g/mol. The summed E-state index contributed by atoms with van der Waals surface area (Å²) >= 11 is 6.04. The summed E-state index contributed by atoms with van der Waals surface area (Å²) in [6.07, 6.45) is 2.69. The van der Waals surface area contributed by atoms with Crippen molar-refractivity contribution in [2.24, 2.45) is 0 Å². The third kappa shape index (κ3) is 2.78. The number of benzene rings is 2. The van der Waals surface area contributed by atoms with E-state index in [1.54, 1.807) is 6.20 Å². The average molecular weight is 308 g/mol. The van der Waals surface area contributed by atoms with Crippen molar-refractivity contribution in [3.05, 3.63) is 76.9 Å². The van der Waals surface area contributed by atoms with Crippen LogP contribution in [-0.4, -0.2) is 11.3 Å². The van der Waals surface area contributed by atoms with Crippen LogP contribution in [0.5, 0.6) is 0 Å². The maximum absolute atomic E-state index is 11.5. The summed E-state index contributed by atoms with van der Waals surface area (Å²) in [4.78, 5) is 16.0. The average Bonchev–Trinajstić information content (AvgIpc) is 2.55. The van der Waals surface area contributed by atoms with Crippen molar-refractivity contribution in [2.75, 3.05) is 0 Å². The van der Waals surface area contributed by atoms with Crippen molar-refractivity contribution in [2.45, 2.75) is 6.92 Å². The fourth-order valence-electron chi connectivity index (χ4n) is 2.45. The van der Waals surface area contributed by atoms with Gasteiger partial charge in [-0.1, -0.05) is 41.9 Å². The van der Waals surface area contributed by atoms with E-state index in [1.807, 2.05) is 61.5 Å². The molecule has 0 spiro atoms. The van der Waals surface area contributed by atoms with Gasteiger partial charge in [-0.25, -0.2) is 0 Å². The molecule has 22 heavy (non-hydrogen) atoms. The summed E-state index contributed by atoms with van der Waals surface area (Å²) in [5.74, 6) is 0. The fraction of sp³-hybridized carbons (Fsp3) is 0.0526. The lowest BCUT2D eigenvalue weighted by molar-refractivity contribution is -0.103. The third-order valence-corrected chi connectivity index (χ3v) is 3.92. The topological polar surface area (TPSA) is 30.0 Å². The van der Waals surface area contributed by atoms with Gasteiger partial charge in [0.1, 0.15) is 0 Å². The van der Waals surface area contributed by atoms with Gasteiger partial charge >= 0.3 is 0 Å². The predicted octanol–water partition coefficient (Wildman–Crippen LogP) is 5.02. The van der Waals surface area contributed by atoms with Gasteiger partial charge in [0, 0.05) is 22.2 Å². The molecule has 0 unspecified atom stereocenters. The SMILES string of the molecule is CC(=C(C=O)c1ccccc1)c1cnc2ccc(Cl)cc2c1. The number of hydrogen-bond donors (Lipinski definition) is 0. The number of aromatic nitrogens is 1. The zero-order chi connectivity index (χ0) is 15.5. The Morgan fingerprint density at radius 2 is 1.82 bits per heavy atom. The molecule has 108 valence electrons. The minimum atomic E-state index is 0.670. The van der Waals surface area contributed by atoms with Gasteiger partial charge in [0.25, 0.3) is 0 Å². The van der Waals surface area contributed by atoms with E-state index < -0.39 is 0 Å². The van der Waals surface area contributed by atoms with E-state index in [4.69, 9.17) is 11.6 Å². The van der Waals surface area contributed by atoms with Crippen LogP contribution in [-0.2, 0) is 4.79 Å². The lowest BCUT2D eigenvalue weighted by Gasteiger charge is -2.08. The smallest absolute Gasteiger partial charge is 0.150 e. The molecular formula is C19H14ClNO. The highest BCUT2D eigenvalue weighted by Gasteiger charge is 2.08. The number of fused-ring (bicyclic) bond motifs is 1. The first-order valence-electron chi connectivity index (χ1n) is 6.96. The first-order chi connectivity index (χ1) is 10.7. The minimum absolute atomic E-state index is 0.670. The highest BCUT2D eigenvalue weighted by Crippen LogP contribution is 2.27. The van der Waals surface area contributed by atoms with Gasteiger partial charge in [0.05, 0.1) is 5.52 Å². The van der Waals surface area contributed by atoms with E-state index in [-0.39, 0.29) is 0 Å². The Bertz CT molecular complexity index is 869. The molecule has 0 atom stereocenters. The molecule has 0 aliphatic heterocycles. The number of carbonyl (C=O) groups is 1. The molecule has 0 aliphatic rings. The lowest BCUT2D eigenvalue weighted by Crippen LogP contribution is -1.92. The normalized spacial score (nSPS) is 12.1. The number of pyridine rings is 1. The van der Waals surface area contributed by atoms with Crippen molar-refractivity contribution < 1.29 is 4.79 Å². The van der Waals surface area contributed by atoms with E-state index in [0.29, 0.717) is 10.6 Å². The molecule has 0 amide bonds. The van der Waals surface area contributed by atoms with Crippen LogP contribution < -0.4 is 0 Å². The van der Waals surface area contributed by atoms with Gasteiger partial charge in [0.15, 0.2) is 6.29 Å². The first-order valence-corrected chi connectivity index (χ1v) is 7.34. The van der Waals surface area contributed by atoms with Crippen LogP contribution in [0.3, 0.4) is 0 Å². The molecule has 0 fully saturated rings. The zero-order valence-corrected chi connectivity index (χ0v) is 12.8. The minimum Gasteiger partial charge on any atom is -0.298 e. The molecule has 2 aromatic carbocycles. The third-order valence-electron chi connectivity index (χ3n) is 3.68. The molecule has 0 radical (unpaired) electrons. The molecule has 3 rings (SSSR count). The highest BCUT2D eigenvalue weighted by atomic mass is 35.5. The van der Waals surface area contributed by atoms with Crippen LogP contribution in [0.25, 0.3) is 22.0 Å². The Kier molecular flexibility index (Phi) is 4.03. The van der Waals surface area contributed by atoms with Crippen LogP contribution in [0.1, 0.15) is 18.1 Å². The number of halogens is 1. The Balaban J connectivity index is 2.16. The van der Waals surface area contributed by atoms with E-state index in [2.05, 4.69) is 4.98 Å². The summed E-state index contributed by atoms with van der Waals surface area (Å²) in [6, 6.07) is 17.2. The molecule has 0 saturated heterocycles. The summed E-state index contributed by atoms with van der Waals surface area (Å²) in [5, 5.41) is 1.63. The maximum Gasteiger partial charge on any atom is 0.150 e. The summed E-state index contributed by atoms with van der Waals surface area (Å²) < 4.78 is 0. The van der Waals surface area contributed by atoms with Crippen molar-refractivity contribution in [1.29, 1.82) is 0 Å². The number of nitrogens with zero attached hydrogens (tertiary/aromatic N) is 1. The number of aldehydes is 1. The standard InChI is InChI=1S/C19H14ClNO/c1-13(18(12-22)14-5-3-2-4-6-14)16-9-15-10-17(20)7-8-19(15)21-11-16/h2-12H,1H3. The van der Waals surface area contributed by atoms with Crippen molar-refractivity contribution >= 4 is 39.9 Å². The van der Waals surface area contributed by atoms with Crippen LogP contribution in [0.2, 0.25) is 5.02 Å². The predicted molar refractivity (Wildman–Crippen MR) is 91.7 cm³/mol. The second kappa shape index (κ2) is 6.12. The van der Waals surface area contributed by atoms with Gasteiger partial charge in [0.2, 0.25) is 0 Å². The summed E-state index contributed by atoms with van der Waals surface area (Å²) in [5.41, 5.74) is 4.27. The molecule has 3 aromatic rings. The Labute approximate surface area is 134 Å². The molecule has 0 aliphatic carbocycles. The molecule has 0 N–H and O–H groups in total. The second-order valence-electron chi connectivity index (χ2n) is 5.08. The van der Waals surface area contributed by atoms with Crippen molar-refractivity contribution in [3.8, 4) is 0 Å². The van der Waals surface area contributed by atoms with Crippen molar-refractivity contribution in [1.82, 2.24) is 4.98 Å². The number of allylic oxidation sites excluding steroid dienone is 2. The molecule has 1 heterocycles. The Hall–Kier alpha value is -2.45. The van der Waals surface area contributed by atoms with Gasteiger partial charge in [-0.3, -0.25) is 9.78 Å². The van der Waals surface area contributed by atoms with Gasteiger partial charge in [-0.05, 0) is 47.9 Å².